The van der Waals surface area contributed by atoms with Crippen molar-refractivity contribution in [1.29, 1.82) is 0 Å². The Morgan fingerprint density at radius 3 is 2.61 bits per heavy atom. The van der Waals surface area contributed by atoms with Gasteiger partial charge in [-0.05, 0) is 37.1 Å². The van der Waals surface area contributed by atoms with Crippen molar-refractivity contribution in [3.63, 3.8) is 0 Å². The van der Waals surface area contributed by atoms with Crippen molar-refractivity contribution in [3.8, 4) is 0 Å². The summed E-state index contributed by atoms with van der Waals surface area (Å²) in [4.78, 5) is 24.1. The summed E-state index contributed by atoms with van der Waals surface area (Å²) in [5.41, 5.74) is 3.27. The van der Waals surface area contributed by atoms with E-state index < -0.39 is 0 Å². The number of carbonyl (C=O) groups excluding carboxylic acids is 1. The van der Waals surface area contributed by atoms with Gasteiger partial charge >= 0.3 is 0 Å². The molecule has 1 amide bonds. The summed E-state index contributed by atoms with van der Waals surface area (Å²) in [5.74, 6) is -0.164. The summed E-state index contributed by atoms with van der Waals surface area (Å²) in [7, 11) is 0. The third-order valence-corrected chi connectivity index (χ3v) is 3.98. The number of nitrogens with one attached hydrogen (secondary N) is 2. The third kappa shape index (κ3) is 2.99. The van der Waals surface area contributed by atoms with Crippen molar-refractivity contribution in [2.75, 3.05) is 5.32 Å². The van der Waals surface area contributed by atoms with Crippen molar-refractivity contribution in [2.45, 2.75) is 20.3 Å². The topological polar surface area (TPSA) is 74.8 Å². The Kier molecular flexibility index (Phi) is 3.93. The smallest absolute Gasteiger partial charge is 0.272 e. The lowest BCUT2D eigenvalue weighted by Crippen LogP contribution is -2.19. The molecule has 2 aromatic carbocycles. The Morgan fingerprint density at radius 2 is 1.83 bits per heavy atom. The van der Waals surface area contributed by atoms with Crippen LogP contribution in [0.4, 0.5) is 5.69 Å². The van der Waals surface area contributed by atoms with Crippen LogP contribution in [0.25, 0.3) is 10.8 Å². The molecule has 0 saturated carbocycles. The van der Waals surface area contributed by atoms with Crippen LogP contribution in [-0.4, -0.2) is 16.1 Å². The monoisotopic (exact) mass is 307 g/mol. The summed E-state index contributed by atoms with van der Waals surface area (Å²) in [6.45, 7) is 3.97. The summed E-state index contributed by atoms with van der Waals surface area (Å²) in [6, 6.07) is 12.9. The summed E-state index contributed by atoms with van der Waals surface area (Å²) in [5, 5.41) is 10.6. The van der Waals surface area contributed by atoms with Gasteiger partial charge in [0.05, 0.1) is 17.5 Å². The molecule has 1 heterocycles. The fourth-order valence-corrected chi connectivity index (χ4v) is 2.54. The molecule has 5 heteroatoms. The van der Waals surface area contributed by atoms with Crippen LogP contribution in [0.3, 0.4) is 0 Å². The number of benzene rings is 2. The molecular formula is C18H17N3O2. The van der Waals surface area contributed by atoms with E-state index in [0.29, 0.717) is 16.5 Å². The van der Waals surface area contributed by atoms with Crippen LogP contribution in [0.5, 0.6) is 0 Å². The number of H-pyrrole nitrogens is 1. The van der Waals surface area contributed by atoms with Crippen LogP contribution in [0.2, 0.25) is 0 Å². The second kappa shape index (κ2) is 6.04. The maximum absolute atomic E-state index is 12.3. The van der Waals surface area contributed by atoms with Gasteiger partial charge < -0.3 is 5.32 Å². The SMILES string of the molecule is Cc1cccc(NC(=O)Cc2n[nH]c(=O)c3ccccc23)c1C. The Morgan fingerprint density at radius 1 is 1.09 bits per heavy atom. The zero-order chi connectivity index (χ0) is 16.4. The first kappa shape index (κ1) is 15.0. The Balaban J connectivity index is 1.88. The summed E-state index contributed by atoms with van der Waals surface area (Å²) < 4.78 is 0. The summed E-state index contributed by atoms with van der Waals surface area (Å²) in [6.07, 6.45) is 0.102. The molecule has 0 aliphatic rings. The molecule has 0 atom stereocenters. The van der Waals surface area contributed by atoms with Crippen LogP contribution in [-0.2, 0) is 11.2 Å². The lowest BCUT2D eigenvalue weighted by atomic mass is 10.1. The van der Waals surface area contributed by atoms with Gasteiger partial charge in [-0.2, -0.15) is 5.10 Å². The molecular weight excluding hydrogens is 290 g/mol. The lowest BCUT2D eigenvalue weighted by Gasteiger charge is -2.10. The second-order valence-electron chi connectivity index (χ2n) is 5.52. The predicted octanol–water partition coefficient (Wildman–Crippen LogP) is 2.72. The highest BCUT2D eigenvalue weighted by molar-refractivity contribution is 5.95. The average Bonchev–Trinajstić information content (AvgIpc) is 2.55. The Hall–Kier alpha value is -2.95. The molecule has 2 N–H and O–H groups in total. The fraction of sp³-hybridized carbons (Fsp3) is 0.167. The number of aryl methyl sites for hydroxylation is 1. The van der Waals surface area contributed by atoms with E-state index >= 15 is 0 Å². The van der Waals surface area contributed by atoms with Crippen LogP contribution < -0.4 is 10.9 Å². The molecule has 0 saturated heterocycles. The summed E-state index contributed by atoms with van der Waals surface area (Å²) >= 11 is 0. The molecule has 23 heavy (non-hydrogen) atoms. The van der Waals surface area contributed by atoms with Gasteiger partial charge in [0, 0.05) is 11.1 Å². The standard InChI is InChI=1S/C18H17N3O2/c1-11-6-5-9-15(12(11)2)19-17(22)10-16-13-7-3-4-8-14(13)18(23)21-20-16/h3-9H,10H2,1-2H3,(H,19,22)(H,21,23). The van der Waals surface area contributed by atoms with Crippen LogP contribution >= 0.6 is 0 Å². The van der Waals surface area contributed by atoms with Gasteiger partial charge in [-0.1, -0.05) is 30.3 Å². The van der Waals surface area contributed by atoms with Gasteiger partial charge in [-0.15, -0.1) is 0 Å². The Bertz CT molecular complexity index is 944. The van der Waals surface area contributed by atoms with Gasteiger partial charge in [0.2, 0.25) is 5.91 Å². The third-order valence-electron chi connectivity index (χ3n) is 3.98. The number of aromatic nitrogens is 2. The van der Waals surface area contributed by atoms with Crippen LogP contribution in [0.1, 0.15) is 16.8 Å². The number of nitrogens with zero attached hydrogens (tertiary/aromatic N) is 1. The number of carbonyl (C=O) groups is 1. The first-order valence-electron chi connectivity index (χ1n) is 7.38. The maximum atomic E-state index is 12.3. The number of aromatic amines is 1. The number of fused-ring (bicyclic) bond motifs is 1. The van der Waals surface area contributed by atoms with Gasteiger partial charge in [0.1, 0.15) is 0 Å². The second-order valence-corrected chi connectivity index (χ2v) is 5.52. The minimum Gasteiger partial charge on any atom is -0.325 e. The lowest BCUT2D eigenvalue weighted by molar-refractivity contribution is -0.115. The highest BCUT2D eigenvalue weighted by Gasteiger charge is 2.12. The minimum absolute atomic E-state index is 0.102. The van der Waals surface area contributed by atoms with Crippen LogP contribution in [0, 0.1) is 13.8 Å². The molecule has 1 aromatic heterocycles. The molecule has 3 aromatic rings. The number of amides is 1. The van der Waals surface area contributed by atoms with E-state index in [0.717, 1.165) is 16.8 Å². The van der Waals surface area contributed by atoms with E-state index in [1.54, 1.807) is 18.2 Å². The van der Waals surface area contributed by atoms with E-state index in [1.807, 2.05) is 38.1 Å². The molecule has 0 spiro atoms. The van der Waals surface area contributed by atoms with E-state index in [-0.39, 0.29) is 17.9 Å². The molecule has 0 bridgehead atoms. The highest BCUT2D eigenvalue weighted by Crippen LogP contribution is 2.19. The average molecular weight is 307 g/mol. The van der Waals surface area contributed by atoms with Crippen molar-refractivity contribution < 1.29 is 4.79 Å². The number of rotatable bonds is 3. The molecule has 0 radical (unpaired) electrons. The van der Waals surface area contributed by atoms with Gasteiger partial charge in [-0.3, -0.25) is 9.59 Å². The molecule has 0 unspecified atom stereocenters. The zero-order valence-corrected chi connectivity index (χ0v) is 13.0. The van der Waals surface area contributed by atoms with Crippen molar-refractivity contribution >= 4 is 22.4 Å². The normalized spacial score (nSPS) is 10.7. The molecule has 116 valence electrons. The van der Waals surface area contributed by atoms with Crippen LogP contribution in [0.15, 0.2) is 47.3 Å². The Labute approximate surface area is 133 Å². The van der Waals surface area contributed by atoms with E-state index in [1.165, 1.54) is 0 Å². The van der Waals surface area contributed by atoms with Crippen molar-refractivity contribution in [3.05, 3.63) is 69.6 Å². The first-order valence-corrected chi connectivity index (χ1v) is 7.38. The highest BCUT2D eigenvalue weighted by atomic mass is 16.1. The molecule has 0 aliphatic carbocycles. The number of hydrogen-bond acceptors (Lipinski definition) is 3. The molecule has 5 nitrogen and oxygen atoms in total. The largest absolute Gasteiger partial charge is 0.325 e. The predicted molar refractivity (Wildman–Crippen MR) is 90.6 cm³/mol. The van der Waals surface area contributed by atoms with Crippen molar-refractivity contribution in [1.82, 2.24) is 10.2 Å². The van der Waals surface area contributed by atoms with Gasteiger partial charge in [0.15, 0.2) is 0 Å². The minimum atomic E-state index is -0.251. The number of hydrogen-bond donors (Lipinski definition) is 2. The zero-order valence-electron chi connectivity index (χ0n) is 13.0. The number of anilines is 1. The quantitative estimate of drug-likeness (QED) is 0.781. The molecule has 0 aliphatic heterocycles. The fourth-order valence-electron chi connectivity index (χ4n) is 2.54. The van der Waals surface area contributed by atoms with E-state index in [2.05, 4.69) is 15.5 Å². The van der Waals surface area contributed by atoms with Gasteiger partial charge in [-0.25, -0.2) is 5.10 Å². The first-order chi connectivity index (χ1) is 11.1. The van der Waals surface area contributed by atoms with Crippen molar-refractivity contribution in [2.24, 2.45) is 0 Å². The van der Waals surface area contributed by atoms with E-state index in [4.69, 9.17) is 0 Å². The molecule has 3 rings (SSSR count). The van der Waals surface area contributed by atoms with E-state index in [9.17, 15) is 9.59 Å². The van der Waals surface area contributed by atoms with Gasteiger partial charge in [0.25, 0.3) is 5.56 Å². The molecule has 0 fully saturated rings. The maximum Gasteiger partial charge on any atom is 0.272 e.